The Kier molecular flexibility index (Phi) is 4.74. The lowest BCUT2D eigenvalue weighted by Crippen LogP contribution is -2.36. The van der Waals surface area contributed by atoms with Gasteiger partial charge in [-0.05, 0) is 18.1 Å². The van der Waals surface area contributed by atoms with Crippen molar-refractivity contribution in [3.63, 3.8) is 0 Å². The highest BCUT2D eigenvalue weighted by Crippen LogP contribution is 2.21. The van der Waals surface area contributed by atoms with Crippen LogP contribution < -0.4 is 5.32 Å². The van der Waals surface area contributed by atoms with Gasteiger partial charge >= 0.3 is 0 Å². The monoisotopic (exact) mass is 339 g/mol. The Morgan fingerprint density at radius 1 is 1.28 bits per heavy atom. The summed E-state index contributed by atoms with van der Waals surface area (Å²) >= 11 is 0. The molecule has 0 unspecified atom stereocenters. The van der Waals surface area contributed by atoms with Crippen molar-refractivity contribution in [3.8, 4) is 0 Å². The van der Waals surface area contributed by atoms with E-state index in [1.807, 2.05) is 30.3 Å². The van der Waals surface area contributed by atoms with E-state index in [-0.39, 0.29) is 17.6 Å². The van der Waals surface area contributed by atoms with Gasteiger partial charge in [0.15, 0.2) is 0 Å². The largest absolute Gasteiger partial charge is 0.382 e. The summed E-state index contributed by atoms with van der Waals surface area (Å²) in [4.78, 5) is 28.0. The molecule has 0 spiro atoms. The Bertz CT molecular complexity index is 820. The van der Waals surface area contributed by atoms with Crippen molar-refractivity contribution in [2.75, 3.05) is 0 Å². The van der Waals surface area contributed by atoms with Crippen LogP contribution in [-0.2, 0) is 9.63 Å². The van der Waals surface area contributed by atoms with Crippen molar-refractivity contribution in [2.45, 2.75) is 25.5 Å². The van der Waals surface area contributed by atoms with E-state index in [4.69, 9.17) is 4.84 Å². The molecule has 1 amide bonds. The first-order valence-corrected chi connectivity index (χ1v) is 7.87. The van der Waals surface area contributed by atoms with Crippen LogP contribution in [0, 0.1) is 10.1 Å². The number of oxime groups is 1. The lowest BCUT2D eigenvalue weighted by Gasteiger charge is -2.16. The fraction of sp³-hybridized carbons (Fsp3) is 0.222. The molecule has 25 heavy (non-hydrogen) atoms. The molecule has 1 N–H and O–H groups in total. The van der Waals surface area contributed by atoms with Crippen molar-refractivity contribution in [1.82, 2.24) is 5.32 Å². The quantitative estimate of drug-likeness (QED) is 0.669. The normalized spacial score (nSPS) is 17.3. The second-order valence-electron chi connectivity index (χ2n) is 5.78. The van der Waals surface area contributed by atoms with Crippen molar-refractivity contribution in [3.05, 3.63) is 75.8 Å². The molecular formula is C18H17N3O4. The summed E-state index contributed by atoms with van der Waals surface area (Å²) < 4.78 is 0. The van der Waals surface area contributed by atoms with Gasteiger partial charge in [0.2, 0.25) is 6.10 Å². The number of amides is 1. The topological polar surface area (TPSA) is 93.8 Å². The molecule has 0 bridgehead atoms. The fourth-order valence-electron chi connectivity index (χ4n) is 2.62. The summed E-state index contributed by atoms with van der Waals surface area (Å²) in [6.07, 6.45) is -0.311. The van der Waals surface area contributed by atoms with E-state index in [9.17, 15) is 14.9 Å². The average Bonchev–Trinajstić information content (AvgIpc) is 3.13. The van der Waals surface area contributed by atoms with Gasteiger partial charge < -0.3 is 10.2 Å². The molecule has 7 nitrogen and oxygen atoms in total. The number of benzene rings is 2. The van der Waals surface area contributed by atoms with Crippen LogP contribution in [-0.4, -0.2) is 22.6 Å². The van der Waals surface area contributed by atoms with E-state index in [1.54, 1.807) is 19.1 Å². The van der Waals surface area contributed by atoms with Crippen LogP contribution in [0.3, 0.4) is 0 Å². The molecule has 1 aliphatic rings. The maximum Gasteiger partial charge on any atom is 0.269 e. The zero-order chi connectivity index (χ0) is 17.8. The number of hydrogen-bond acceptors (Lipinski definition) is 5. The van der Waals surface area contributed by atoms with E-state index in [2.05, 4.69) is 10.5 Å². The predicted molar refractivity (Wildman–Crippen MR) is 92.1 cm³/mol. The van der Waals surface area contributed by atoms with Gasteiger partial charge in [-0.1, -0.05) is 47.6 Å². The predicted octanol–water partition coefficient (Wildman–Crippen LogP) is 2.97. The number of carbonyl (C=O) groups excluding carboxylic acids is 1. The van der Waals surface area contributed by atoms with E-state index in [0.29, 0.717) is 12.0 Å². The second-order valence-corrected chi connectivity index (χ2v) is 5.78. The first-order chi connectivity index (χ1) is 12.0. The summed E-state index contributed by atoms with van der Waals surface area (Å²) in [5.74, 6) is -0.298. The fourth-order valence-corrected chi connectivity index (χ4v) is 2.62. The number of nitrogens with one attached hydrogen (secondary N) is 1. The molecule has 0 saturated heterocycles. The number of nitro groups is 1. The number of hydrogen-bond donors (Lipinski definition) is 1. The number of non-ortho nitro benzene ring substituents is 1. The zero-order valence-corrected chi connectivity index (χ0v) is 13.6. The molecule has 3 rings (SSSR count). The minimum Gasteiger partial charge on any atom is -0.382 e. The van der Waals surface area contributed by atoms with Crippen LogP contribution in [0.25, 0.3) is 0 Å². The summed E-state index contributed by atoms with van der Waals surface area (Å²) in [7, 11) is 0. The van der Waals surface area contributed by atoms with Gasteiger partial charge in [0.05, 0.1) is 16.7 Å². The number of carbonyl (C=O) groups is 1. The molecule has 2 aromatic rings. The highest BCUT2D eigenvalue weighted by atomic mass is 16.6. The molecule has 128 valence electrons. The molecule has 1 heterocycles. The number of rotatable bonds is 5. The maximum absolute atomic E-state index is 12.4. The summed E-state index contributed by atoms with van der Waals surface area (Å²) in [5, 5.41) is 17.7. The Morgan fingerprint density at radius 2 is 2.04 bits per heavy atom. The second kappa shape index (κ2) is 7.12. The van der Waals surface area contributed by atoms with E-state index >= 15 is 0 Å². The molecule has 0 saturated carbocycles. The highest BCUT2D eigenvalue weighted by Gasteiger charge is 2.29. The maximum atomic E-state index is 12.4. The minimum atomic E-state index is -0.698. The van der Waals surface area contributed by atoms with Gasteiger partial charge in [0.1, 0.15) is 0 Å². The Morgan fingerprint density at radius 3 is 2.76 bits per heavy atom. The van der Waals surface area contributed by atoms with Crippen molar-refractivity contribution >= 4 is 17.3 Å². The molecular weight excluding hydrogens is 322 g/mol. The van der Waals surface area contributed by atoms with Crippen LogP contribution in [0.15, 0.2) is 59.8 Å². The summed E-state index contributed by atoms with van der Waals surface area (Å²) in [5.41, 5.74) is 2.29. The molecule has 2 aromatic carbocycles. The van der Waals surface area contributed by atoms with Crippen molar-refractivity contribution < 1.29 is 14.6 Å². The SMILES string of the molecule is C[C@@H](NC(=O)[C@H]1CC(c2ccccc2)=NO1)c1cccc([N+](=O)[O-])c1. The van der Waals surface area contributed by atoms with Crippen LogP contribution in [0.2, 0.25) is 0 Å². The molecule has 0 radical (unpaired) electrons. The van der Waals surface area contributed by atoms with Gasteiger partial charge in [-0.3, -0.25) is 14.9 Å². The number of nitrogens with zero attached hydrogens (tertiary/aromatic N) is 2. The lowest BCUT2D eigenvalue weighted by atomic mass is 10.0. The van der Waals surface area contributed by atoms with E-state index in [1.165, 1.54) is 12.1 Å². The van der Waals surface area contributed by atoms with Gasteiger partial charge in [0, 0.05) is 18.6 Å². The van der Waals surface area contributed by atoms with Crippen LogP contribution in [0.5, 0.6) is 0 Å². The zero-order valence-electron chi connectivity index (χ0n) is 13.6. The van der Waals surface area contributed by atoms with Crippen LogP contribution in [0.1, 0.15) is 30.5 Å². The van der Waals surface area contributed by atoms with E-state index < -0.39 is 11.0 Å². The van der Waals surface area contributed by atoms with E-state index in [0.717, 1.165) is 11.3 Å². The van der Waals surface area contributed by atoms with Crippen molar-refractivity contribution in [1.29, 1.82) is 0 Å². The molecule has 0 aliphatic carbocycles. The highest BCUT2D eigenvalue weighted by molar-refractivity contribution is 6.04. The molecule has 0 aromatic heterocycles. The molecule has 2 atom stereocenters. The molecule has 0 fully saturated rings. The third-order valence-corrected chi connectivity index (χ3v) is 4.01. The van der Waals surface area contributed by atoms with Gasteiger partial charge in [-0.2, -0.15) is 0 Å². The average molecular weight is 339 g/mol. The number of nitro benzene ring substituents is 1. The third kappa shape index (κ3) is 3.82. The Hall–Kier alpha value is -3.22. The Balaban J connectivity index is 1.62. The molecule has 7 heteroatoms. The van der Waals surface area contributed by atoms with Gasteiger partial charge in [-0.25, -0.2) is 0 Å². The summed E-state index contributed by atoms with van der Waals surface area (Å²) in [6.45, 7) is 1.77. The van der Waals surface area contributed by atoms with Gasteiger partial charge in [0.25, 0.3) is 11.6 Å². The standard InChI is InChI=1S/C18H17N3O4/c1-12(14-8-5-9-15(10-14)21(23)24)19-18(22)17-11-16(20-25-17)13-6-3-2-4-7-13/h2-10,12,17H,11H2,1H3,(H,19,22)/t12-,17-/m1/s1. The smallest absolute Gasteiger partial charge is 0.269 e. The van der Waals surface area contributed by atoms with Crippen molar-refractivity contribution in [2.24, 2.45) is 5.16 Å². The summed E-state index contributed by atoms with van der Waals surface area (Å²) in [6, 6.07) is 15.3. The minimum absolute atomic E-state index is 0.00888. The Labute approximate surface area is 144 Å². The van der Waals surface area contributed by atoms with Crippen LogP contribution in [0.4, 0.5) is 5.69 Å². The van der Waals surface area contributed by atoms with Gasteiger partial charge in [-0.15, -0.1) is 0 Å². The lowest BCUT2D eigenvalue weighted by molar-refractivity contribution is -0.384. The molecule has 1 aliphatic heterocycles. The van der Waals surface area contributed by atoms with Crippen LogP contribution >= 0.6 is 0 Å². The third-order valence-electron chi connectivity index (χ3n) is 4.01. The first kappa shape index (κ1) is 16.6. The first-order valence-electron chi connectivity index (χ1n) is 7.87.